The van der Waals surface area contributed by atoms with Crippen molar-refractivity contribution in [2.45, 2.75) is 32.9 Å². The summed E-state index contributed by atoms with van der Waals surface area (Å²) in [5.41, 5.74) is 1.33. The largest absolute Gasteiger partial charge is 0.459 e. The molecule has 9 heteroatoms. The molecule has 0 saturated heterocycles. The highest BCUT2D eigenvalue weighted by molar-refractivity contribution is 6.11. The molecule has 0 aliphatic carbocycles. The van der Waals surface area contributed by atoms with E-state index in [9.17, 15) is 9.59 Å². The Kier molecular flexibility index (Phi) is 5.62. The summed E-state index contributed by atoms with van der Waals surface area (Å²) >= 11 is 0. The molecule has 1 atom stereocenters. The Bertz CT molecular complexity index is 1030. The first-order chi connectivity index (χ1) is 14.6. The lowest BCUT2D eigenvalue weighted by molar-refractivity contribution is -0.125. The lowest BCUT2D eigenvalue weighted by Gasteiger charge is -2.34. The summed E-state index contributed by atoms with van der Waals surface area (Å²) in [6.45, 7) is 4.83. The van der Waals surface area contributed by atoms with Crippen LogP contribution < -0.4 is 10.2 Å². The molecule has 1 aliphatic heterocycles. The fourth-order valence-electron chi connectivity index (χ4n) is 3.50. The second-order valence-corrected chi connectivity index (χ2v) is 7.11. The summed E-state index contributed by atoms with van der Waals surface area (Å²) < 4.78 is 11.0. The van der Waals surface area contributed by atoms with Gasteiger partial charge in [-0.2, -0.15) is 0 Å². The van der Waals surface area contributed by atoms with Crippen molar-refractivity contribution in [3.05, 3.63) is 48.6 Å². The first-order valence-corrected chi connectivity index (χ1v) is 9.87. The first-order valence-electron chi connectivity index (χ1n) is 9.87. The average Bonchev–Trinajstić information content (AvgIpc) is 3.43. The highest BCUT2D eigenvalue weighted by atomic mass is 16.4. The number of aromatic nitrogens is 2. The number of hydrogen-bond donors (Lipinski definition) is 1. The summed E-state index contributed by atoms with van der Waals surface area (Å²) in [5.74, 6) is 0.821. The molecule has 0 unspecified atom stereocenters. The molecule has 1 aliphatic rings. The van der Waals surface area contributed by atoms with Gasteiger partial charge in [0.05, 0.1) is 30.2 Å². The zero-order valence-corrected chi connectivity index (χ0v) is 16.9. The molecular formula is C21H23N5O4. The van der Waals surface area contributed by atoms with Crippen LogP contribution in [0.25, 0.3) is 11.7 Å². The number of benzene rings is 1. The van der Waals surface area contributed by atoms with E-state index in [4.69, 9.17) is 8.83 Å². The fraction of sp³-hybridized carbons (Fsp3) is 0.333. The number of carbonyl (C=O) groups excluding carboxylic acids is 2. The summed E-state index contributed by atoms with van der Waals surface area (Å²) in [6.07, 6.45) is 2.38. The molecule has 4 rings (SSSR count). The lowest BCUT2D eigenvalue weighted by Crippen LogP contribution is -2.51. The van der Waals surface area contributed by atoms with E-state index >= 15 is 0 Å². The van der Waals surface area contributed by atoms with Gasteiger partial charge >= 0.3 is 0 Å². The van der Waals surface area contributed by atoms with Crippen molar-refractivity contribution in [2.75, 3.05) is 23.3 Å². The second kappa shape index (κ2) is 8.50. The van der Waals surface area contributed by atoms with E-state index in [-0.39, 0.29) is 18.4 Å². The minimum absolute atomic E-state index is 0.0106. The average molecular weight is 409 g/mol. The molecule has 0 bridgehead atoms. The molecule has 1 N–H and O–H groups in total. The molecule has 0 fully saturated rings. The van der Waals surface area contributed by atoms with Crippen LogP contribution in [0.4, 0.5) is 11.4 Å². The van der Waals surface area contributed by atoms with Gasteiger partial charge < -0.3 is 14.2 Å². The van der Waals surface area contributed by atoms with Crippen molar-refractivity contribution >= 4 is 23.2 Å². The van der Waals surface area contributed by atoms with Crippen LogP contribution in [0.15, 0.2) is 51.5 Å². The predicted molar refractivity (Wildman–Crippen MR) is 110 cm³/mol. The predicted octanol–water partition coefficient (Wildman–Crippen LogP) is 2.92. The third-order valence-electron chi connectivity index (χ3n) is 4.99. The minimum atomic E-state index is -0.483. The summed E-state index contributed by atoms with van der Waals surface area (Å²) in [4.78, 5) is 28.9. The maximum absolute atomic E-state index is 13.3. The number of furan rings is 1. The maximum Gasteiger partial charge on any atom is 0.283 e. The van der Waals surface area contributed by atoms with E-state index in [0.717, 1.165) is 6.42 Å². The Balaban J connectivity index is 1.53. The van der Waals surface area contributed by atoms with Crippen molar-refractivity contribution < 1.29 is 18.4 Å². The molecule has 30 heavy (non-hydrogen) atoms. The van der Waals surface area contributed by atoms with Crippen LogP contribution in [-0.4, -0.2) is 46.0 Å². The molecule has 9 nitrogen and oxygen atoms in total. The second-order valence-electron chi connectivity index (χ2n) is 7.11. The molecule has 2 aromatic heterocycles. The van der Waals surface area contributed by atoms with Gasteiger partial charge in [0.1, 0.15) is 6.54 Å². The zero-order valence-electron chi connectivity index (χ0n) is 16.9. The number of nitrogens with zero attached hydrogens (tertiary/aromatic N) is 4. The van der Waals surface area contributed by atoms with Gasteiger partial charge in [0.15, 0.2) is 5.76 Å². The third kappa shape index (κ3) is 3.97. The fourth-order valence-corrected chi connectivity index (χ4v) is 3.50. The van der Waals surface area contributed by atoms with E-state index in [1.165, 1.54) is 11.2 Å². The van der Waals surface area contributed by atoms with Gasteiger partial charge in [-0.05, 0) is 44.2 Å². The minimum Gasteiger partial charge on any atom is -0.459 e. The van der Waals surface area contributed by atoms with Crippen LogP contribution in [0.1, 0.15) is 26.2 Å². The van der Waals surface area contributed by atoms with E-state index in [1.807, 2.05) is 36.9 Å². The van der Waals surface area contributed by atoms with Gasteiger partial charge in [0, 0.05) is 0 Å². The normalized spacial score (nSPS) is 14.5. The Hall–Kier alpha value is -3.46. The molecular weight excluding hydrogens is 386 g/mol. The summed E-state index contributed by atoms with van der Waals surface area (Å²) in [7, 11) is 0. The van der Waals surface area contributed by atoms with Crippen LogP contribution in [0, 0.1) is 0 Å². The van der Waals surface area contributed by atoms with Gasteiger partial charge in [0.25, 0.3) is 5.89 Å². The van der Waals surface area contributed by atoms with Crippen molar-refractivity contribution in [2.24, 2.45) is 0 Å². The maximum atomic E-state index is 13.3. The molecule has 0 saturated carbocycles. The third-order valence-corrected chi connectivity index (χ3v) is 4.99. The number of amides is 2. The molecule has 1 aromatic carbocycles. The number of fused-ring (bicyclic) bond motifs is 1. The highest BCUT2D eigenvalue weighted by Gasteiger charge is 2.32. The van der Waals surface area contributed by atoms with Gasteiger partial charge in [-0.15, -0.1) is 10.2 Å². The number of nitrogens with one attached hydrogen (secondary N) is 1. The molecule has 3 aromatic rings. The molecule has 156 valence electrons. The first kappa shape index (κ1) is 19.8. The van der Waals surface area contributed by atoms with Crippen molar-refractivity contribution in [3.8, 4) is 11.7 Å². The molecule has 0 radical (unpaired) electrons. The van der Waals surface area contributed by atoms with Crippen LogP contribution in [-0.2, 0) is 16.1 Å². The van der Waals surface area contributed by atoms with Gasteiger partial charge in [0.2, 0.25) is 17.7 Å². The Morgan fingerprint density at radius 1 is 1.27 bits per heavy atom. The Morgan fingerprint density at radius 3 is 2.87 bits per heavy atom. The van der Waals surface area contributed by atoms with Crippen LogP contribution in [0.2, 0.25) is 0 Å². The summed E-state index contributed by atoms with van der Waals surface area (Å²) in [6, 6.07) is 10.3. The van der Waals surface area contributed by atoms with Crippen LogP contribution in [0.3, 0.4) is 0 Å². The highest BCUT2D eigenvalue weighted by Crippen LogP contribution is 2.30. The van der Waals surface area contributed by atoms with E-state index in [0.29, 0.717) is 42.0 Å². The number of anilines is 2. The number of carbonyl (C=O) groups is 2. The smallest absolute Gasteiger partial charge is 0.283 e. The van der Waals surface area contributed by atoms with Crippen LogP contribution >= 0.6 is 0 Å². The Morgan fingerprint density at radius 2 is 2.10 bits per heavy atom. The SMILES string of the molecule is CCCN(Cc1nnc(-c2ccco2)o1)[C@@H](C)C(=O)N1CC(=O)Nc2ccccc21. The number of hydrogen-bond acceptors (Lipinski definition) is 7. The zero-order chi connectivity index (χ0) is 21.1. The van der Waals surface area contributed by atoms with Crippen LogP contribution in [0.5, 0.6) is 0 Å². The van der Waals surface area contributed by atoms with Crippen molar-refractivity contribution in [1.29, 1.82) is 0 Å². The van der Waals surface area contributed by atoms with E-state index < -0.39 is 6.04 Å². The Labute approximate surface area is 173 Å². The topological polar surface area (TPSA) is 105 Å². The molecule has 3 heterocycles. The number of rotatable bonds is 7. The number of para-hydroxylation sites is 2. The van der Waals surface area contributed by atoms with E-state index in [2.05, 4.69) is 15.5 Å². The van der Waals surface area contributed by atoms with Crippen molar-refractivity contribution in [1.82, 2.24) is 15.1 Å². The van der Waals surface area contributed by atoms with Gasteiger partial charge in [-0.1, -0.05) is 19.1 Å². The van der Waals surface area contributed by atoms with Gasteiger partial charge in [-0.3, -0.25) is 19.4 Å². The quantitative estimate of drug-likeness (QED) is 0.640. The summed E-state index contributed by atoms with van der Waals surface area (Å²) in [5, 5.41) is 10.9. The standard InChI is InChI=1S/C21H23N5O4/c1-3-10-25(13-19-23-24-20(30-19)17-9-6-11-29-17)14(2)21(28)26-12-18(27)22-15-7-4-5-8-16(15)26/h4-9,11,14H,3,10,12-13H2,1-2H3,(H,22,27)/t14-/m0/s1. The van der Waals surface area contributed by atoms with E-state index in [1.54, 1.807) is 18.2 Å². The van der Waals surface area contributed by atoms with Gasteiger partial charge in [-0.25, -0.2) is 0 Å². The monoisotopic (exact) mass is 409 g/mol. The molecule has 0 spiro atoms. The lowest BCUT2D eigenvalue weighted by atomic mass is 10.1. The van der Waals surface area contributed by atoms with Crippen molar-refractivity contribution in [3.63, 3.8) is 0 Å². The molecule has 2 amide bonds.